The van der Waals surface area contributed by atoms with E-state index in [-0.39, 0.29) is 5.91 Å². The van der Waals surface area contributed by atoms with E-state index in [4.69, 9.17) is 4.74 Å². The van der Waals surface area contributed by atoms with Crippen LogP contribution in [0.1, 0.15) is 13.8 Å². The molecule has 1 aromatic rings. The molecule has 3 nitrogen and oxygen atoms in total. The average Bonchev–Trinajstić information content (AvgIpc) is 2.26. The molecule has 0 saturated heterocycles. The Morgan fingerprint density at radius 2 is 2.19 bits per heavy atom. The number of rotatable bonds is 5. The molecule has 0 fully saturated rings. The predicted molar refractivity (Wildman–Crippen MR) is 69.2 cm³/mol. The molecule has 0 aliphatic carbocycles. The number of nitrogens with one attached hydrogen (secondary N) is 1. The van der Waals surface area contributed by atoms with Gasteiger partial charge in [0.15, 0.2) is 0 Å². The van der Waals surface area contributed by atoms with Crippen molar-refractivity contribution in [1.29, 1.82) is 0 Å². The topological polar surface area (TPSA) is 38.3 Å². The number of carbonyl (C=O) groups excluding carboxylic acids is 1. The number of anilines is 1. The molecule has 4 heteroatoms. The standard InChI is InChI=1S/C12H16BrNO2/c1-9(7-13)8-16-12-6-4-3-5-11(12)14-10(2)15/h3-6,9H,7-8H2,1-2H3,(H,14,15). The highest BCUT2D eigenvalue weighted by Crippen LogP contribution is 2.24. The number of hydrogen-bond donors (Lipinski definition) is 1. The first kappa shape index (κ1) is 13.0. The van der Waals surface area contributed by atoms with Crippen molar-refractivity contribution in [3.05, 3.63) is 24.3 Å². The number of ether oxygens (including phenoxy) is 1. The summed E-state index contributed by atoms with van der Waals surface area (Å²) in [5.41, 5.74) is 0.719. The molecule has 1 atom stereocenters. The summed E-state index contributed by atoms with van der Waals surface area (Å²) in [5.74, 6) is 1.06. The van der Waals surface area contributed by atoms with E-state index in [2.05, 4.69) is 28.2 Å². The number of benzene rings is 1. The van der Waals surface area contributed by atoms with Crippen molar-refractivity contribution in [3.63, 3.8) is 0 Å². The minimum absolute atomic E-state index is 0.0930. The Morgan fingerprint density at radius 3 is 2.81 bits per heavy atom. The number of para-hydroxylation sites is 2. The summed E-state index contributed by atoms with van der Waals surface area (Å²) in [6.07, 6.45) is 0. The highest BCUT2D eigenvalue weighted by atomic mass is 79.9. The van der Waals surface area contributed by atoms with Crippen LogP contribution >= 0.6 is 15.9 Å². The van der Waals surface area contributed by atoms with E-state index in [0.717, 1.165) is 11.0 Å². The maximum absolute atomic E-state index is 11.0. The Balaban J connectivity index is 2.67. The van der Waals surface area contributed by atoms with Gasteiger partial charge in [0, 0.05) is 12.3 Å². The van der Waals surface area contributed by atoms with Crippen molar-refractivity contribution in [3.8, 4) is 5.75 Å². The van der Waals surface area contributed by atoms with Gasteiger partial charge in [-0.05, 0) is 18.1 Å². The van der Waals surface area contributed by atoms with Crippen molar-refractivity contribution in [1.82, 2.24) is 0 Å². The molecular formula is C12H16BrNO2. The molecule has 88 valence electrons. The van der Waals surface area contributed by atoms with Crippen LogP contribution in [0.4, 0.5) is 5.69 Å². The lowest BCUT2D eigenvalue weighted by Gasteiger charge is -2.13. The lowest BCUT2D eigenvalue weighted by molar-refractivity contribution is -0.114. The predicted octanol–water partition coefficient (Wildman–Crippen LogP) is 3.05. The smallest absolute Gasteiger partial charge is 0.221 e. The molecule has 0 bridgehead atoms. The Bertz CT molecular complexity index is 355. The summed E-state index contributed by atoms with van der Waals surface area (Å²) in [4.78, 5) is 11.0. The summed E-state index contributed by atoms with van der Waals surface area (Å²) in [6.45, 7) is 4.20. The van der Waals surface area contributed by atoms with Crippen LogP contribution in [0.3, 0.4) is 0 Å². The van der Waals surface area contributed by atoms with E-state index in [1.54, 1.807) is 0 Å². The third-order valence-electron chi connectivity index (χ3n) is 1.98. The third kappa shape index (κ3) is 4.23. The van der Waals surface area contributed by atoms with Crippen LogP contribution in [-0.4, -0.2) is 17.8 Å². The zero-order valence-corrected chi connectivity index (χ0v) is 11.1. The van der Waals surface area contributed by atoms with Gasteiger partial charge in [0.1, 0.15) is 5.75 Å². The van der Waals surface area contributed by atoms with Crippen molar-refractivity contribution < 1.29 is 9.53 Å². The monoisotopic (exact) mass is 285 g/mol. The molecule has 0 aliphatic rings. The van der Waals surface area contributed by atoms with Gasteiger partial charge in [-0.25, -0.2) is 0 Å². The second-order valence-electron chi connectivity index (χ2n) is 3.75. The molecule has 1 N–H and O–H groups in total. The lowest BCUT2D eigenvalue weighted by Crippen LogP contribution is -2.12. The first-order valence-electron chi connectivity index (χ1n) is 5.19. The van der Waals surface area contributed by atoms with Gasteiger partial charge < -0.3 is 10.1 Å². The molecular weight excluding hydrogens is 270 g/mol. The fourth-order valence-corrected chi connectivity index (χ4v) is 1.35. The van der Waals surface area contributed by atoms with Gasteiger partial charge in [0.05, 0.1) is 12.3 Å². The zero-order valence-electron chi connectivity index (χ0n) is 9.50. The molecule has 0 saturated carbocycles. The van der Waals surface area contributed by atoms with Crippen LogP contribution in [0, 0.1) is 5.92 Å². The van der Waals surface area contributed by atoms with Crippen LogP contribution in [0.25, 0.3) is 0 Å². The quantitative estimate of drug-likeness (QED) is 0.845. The summed E-state index contributed by atoms with van der Waals surface area (Å²) in [6, 6.07) is 7.44. The first-order chi connectivity index (χ1) is 7.63. The van der Waals surface area contributed by atoms with Crippen molar-refractivity contribution in [2.24, 2.45) is 5.92 Å². The highest BCUT2D eigenvalue weighted by Gasteiger charge is 2.06. The molecule has 1 rings (SSSR count). The van der Waals surface area contributed by atoms with Crippen molar-refractivity contribution in [2.45, 2.75) is 13.8 Å². The molecule has 1 unspecified atom stereocenters. The molecule has 1 amide bonds. The SMILES string of the molecule is CC(=O)Nc1ccccc1OCC(C)CBr. The molecule has 0 aliphatic heterocycles. The lowest BCUT2D eigenvalue weighted by atomic mass is 10.2. The minimum Gasteiger partial charge on any atom is -0.491 e. The number of carbonyl (C=O) groups is 1. The van der Waals surface area contributed by atoms with Gasteiger partial charge in [0.25, 0.3) is 0 Å². The van der Waals surface area contributed by atoms with E-state index < -0.39 is 0 Å². The van der Waals surface area contributed by atoms with E-state index in [1.807, 2.05) is 24.3 Å². The van der Waals surface area contributed by atoms with Crippen LogP contribution < -0.4 is 10.1 Å². The first-order valence-corrected chi connectivity index (χ1v) is 6.31. The molecule has 0 aromatic heterocycles. The summed E-state index contributed by atoms with van der Waals surface area (Å²) >= 11 is 3.40. The van der Waals surface area contributed by atoms with Crippen LogP contribution in [0.5, 0.6) is 5.75 Å². The number of alkyl halides is 1. The largest absolute Gasteiger partial charge is 0.491 e. The maximum atomic E-state index is 11.0. The van der Waals surface area contributed by atoms with Crippen LogP contribution in [-0.2, 0) is 4.79 Å². The Morgan fingerprint density at radius 1 is 1.50 bits per heavy atom. The summed E-state index contributed by atoms with van der Waals surface area (Å²) in [7, 11) is 0. The molecule has 0 spiro atoms. The fourth-order valence-electron chi connectivity index (χ4n) is 1.16. The number of amides is 1. The van der Waals surface area contributed by atoms with Gasteiger partial charge in [-0.15, -0.1) is 0 Å². The zero-order chi connectivity index (χ0) is 12.0. The maximum Gasteiger partial charge on any atom is 0.221 e. The van der Waals surface area contributed by atoms with Gasteiger partial charge in [-0.3, -0.25) is 4.79 Å². The normalized spacial score (nSPS) is 11.9. The van der Waals surface area contributed by atoms with E-state index in [0.29, 0.717) is 18.3 Å². The van der Waals surface area contributed by atoms with Gasteiger partial charge in [0.2, 0.25) is 5.91 Å². The van der Waals surface area contributed by atoms with Gasteiger partial charge in [-0.2, -0.15) is 0 Å². The van der Waals surface area contributed by atoms with Crippen molar-refractivity contribution in [2.75, 3.05) is 17.3 Å². The Kier molecular flexibility index (Phi) is 5.32. The molecule has 16 heavy (non-hydrogen) atoms. The van der Waals surface area contributed by atoms with Crippen LogP contribution in [0.15, 0.2) is 24.3 Å². The number of hydrogen-bond acceptors (Lipinski definition) is 2. The van der Waals surface area contributed by atoms with E-state index in [1.165, 1.54) is 6.92 Å². The van der Waals surface area contributed by atoms with Crippen molar-refractivity contribution >= 4 is 27.5 Å². The van der Waals surface area contributed by atoms with Crippen LogP contribution in [0.2, 0.25) is 0 Å². The minimum atomic E-state index is -0.0930. The second kappa shape index (κ2) is 6.53. The summed E-state index contributed by atoms with van der Waals surface area (Å²) in [5, 5.41) is 3.64. The molecule has 1 aromatic carbocycles. The summed E-state index contributed by atoms with van der Waals surface area (Å²) < 4.78 is 5.65. The number of halogens is 1. The van der Waals surface area contributed by atoms with Gasteiger partial charge in [-0.1, -0.05) is 35.0 Å². The molecule has 0 radical (unpaired) electrons. The average molecular weight is 286 g/mol. The van der Waals surface area contributed by atoms with Gasteiger partial charge >= 0.3 is 0 Å². The Hall–Kier alpha value is -1.03. The Labute approximate surface area is 104 Å². The second-order valence-corrected chi connectivity index (χ2v) is 4.40. The van der Waals surface area contributed by atoms with E-state index in [9.17, 15) is 4.79 Å². The highest BCUT2D eigenvalue weighted by molar-refractivity contribution is 9.09. The van der Waals surface area contributed by atoms with E-state index >= 15 is 0 Å². The fraction of sp³-hybridized carbons (Fsp3) is 0.417. The molecule has 0 heterocycles. The third-order valence-corrected chi connectivity index (χ3v) is 3.09.